The van der Waals surface area contributed by atoms with Gasteiger partial charge in [0.05, 0.1) is 27.7 Å². The van der Waals surface area contributed by atoms with Crippen molar-refractivity contribution >= 4 is 27.3 Å². The van der Waals surface area contributed by atoms with Crippen molar-refractivity contribution in [3.05, 3.63) is 45.4 Å². The van der Waals surface area contributed by atoms with E-state index in [4.69, 9.17) is 0 Å². The van der Waals surface area contributed by atoms with Crippen LogP contribution >= 0.6 is 11.3 Å². The zero-order valence-electron chi connectivity index (χ0n) is 15.4. The summed E-state index contributed by atoms with van der Waals surface area (Å²) in [5.74, 6) is -0.568. The number of aromatic nitrogens is 1. The smallest absolute Gasteiger partial charge is 0.355 e. The Kier molecular flexibility index (Phi) is 6.59. The van der Waals surface area contributed by atoms with Gasteiger partial charge in [-0.1, -0.05) is 6.07 Å². The van der Waals surface area contributed by atoms with Crippen LogP contribution in [0, 0.1) is 0 Å². The number of hydrogen-bond acceptors (Lipinski definition) is 5. The van der Waals surface area contributed by atoms with E-state index in [1.165, 1.54) is 4.88 Å². The molecule has 0 aliphatic heterocycles. The maximum Gasteiger partial charge on any atom is 0.416 e. The van der Waals surface area contributed by atoms with Crippen molar-refractivity contribution < 1.29 is 26.4 Å². The van der Waals surface area contributed by atoms with Crippen LogP contribution in [0.1, 0.15) is 34.0 Å². The van der Waals surface area contributed by atoms with Gasteiger partial charge in [-0.15, -0.1) is 11.3 Å². The number of benzene rings is 1. The molecule has 1 aromatic heterocycles. The minimum atomic E-state index is -4.65. The summed E-state index contributed by atoms with van der Waals surface area (Å²) >= 11 is 1.64. The molecule has 0 fully saturated rings. The van der Waals surface area contributed by atoms with Crippen LogP contribution in [0.5, 0.6) is 0 Å². The molecule has 0 radical (unpaired) electrons. The van der Waals surface area contributed by atoms with Crippen molar-refractivity contribution in [1.82, 2.24) is 15.0 Å². The lowest BCUT2D eigenvalue weighted by Gasteiger charge is -2.10. The fourth-order valence-electron chi connectivity index (χ4n) is 2.97. The molecule has 0 saturated carbocycles. The highest BCUT2D eigenvalue weighted by atomic mass is 32.2. The van der Waals surface area contributed by atoms with Crippen molar-refractivity contribution in [3.8, 4) is 0 Å². The molecule has 0 saturated heterocycles. The Hall–Kier alpha value is -1.98. The average Bonchev–Trinajstić information content (AvgIpc) is 3.09. The molecule has 2 aromatic rings. The van der Waals surface area contributed by atoms with Crippen LogP contribution in [0.15, 0.2) is 29.2 Å². The number of carbonyl (C=O) groups is 1. The second-order valence-corrected chi connectivity index (χ2v) is 9.57. The third kappa shape index (κ3) is 5.77. The predicted molar refractivity (Wildman–Crippen MR) is 102 cm³/mol. The van der Waals surface area contributed by atoms with Crippen molar-refractivity contribution in [2.24, 2.45) is 0 Å². The van der Waals surface area contributed by atoms with Crippen molar-refractivity contribution in [2.75, 3.05) is 13.1 Å². The predicted octanol–water partition coefficient (Wildman–Crippen LogP) is 2.68. The maximum atomic E-state index is 12.7. The van der Waals surface area contributed by atoms with E-state index in [-0.39, 0.29) is 0 Å². The number of rotatable bonds is 7. The number of nitrogens with one attached hydrogen (secondary N) is 2. The summed E-state index contributed by atoms with van der Waals surface area (Å²) in [4.78, 5) is 17.2. The molecule has 3 rings (SSSR count). The van der Waals surface area contributed by atoms with Crippen LogP contribution in [0.25, 0.3) is 0 Å². The molecule has 11 heteroatoms. The highest BCUT2D eigenvalue weighted by Gasteiger charge is 2.31. The molecule has 1 aliphatic rings. The minimum Gasteiger partial charge on any atom is -0.355 e. The number of aryl methyl sites for hydroxylation is 2. The Balaban J connectivity index is 1.49. The second kappa shape index (κ2) is 8.80. The van der Waals surface area contributed by atoms with Gasteiger partial charge >= 0.3 is 6.18 Å². The largest absolute Gasteiger partial charge is 0.416 e. The molecule has 1 aromatic carbocycles. The maximum absolute atomic E-state index is 12.7. The van der Waals surface area contributed by atoms with Gasteiger partial charge in [0, 0.05) is 17.8 Å². The number of fused-ring (bicyclic) bond motifs is 1. The zero-order valence-corrected chi connectivity index (χ0v) is 17.0. The van der Waals surface area contributed by atoms with E-state index < -0.39 is 39.1 Å². The van der Waals surface area contributed by atoms with Gasteiger partial charge in [-0.25, -0.2) is 18.1 Å². The first-order valence-corrected chi connectivity index (χ1v) is 11.4. The van der Waals surface area contributed by atoms with Crippen LogP contribution in [0.3, 0.4) is 0 Å². The van der Waals surface area contributed by atoms with Crippen molar-refractivity contribution in [2.45, 2.75) is 43.2 Å². The molecule has 0 atom stereocenters. The highest BCUT2D eigenvalue weighted by molar-refractivity contribution is 7.89. The van der Waals surface area contributed by atoms with E-state index in [0.717, 1.165) is 54.6 Å². The second-order valence-electron chi connectivity index (χ2n) is 6.63. The fourth-order valence-corrected chi connectivity index (χ4v) is 5.15. The number of thiazole rings is 1. The molecular formula is C18H20F3N3O3S2. The Morgan fingerprint density at radius 1 is 1.21 bits per heavy atom. The van der Waals surface area contributed by atoms with Crippen molar-refractivity contribution in [1.29, 1.82) is 0 Å². The quantitative estimate of drug-likeness (QED) is 0.683. The normalized spacial score (nSPS) is 14.4. The molecule has 29 heavy (non-hydrogen) atoms. The summed E-state index contributed by atoms with van der Waals surface area (Å²) < 4.78 is 64.6. The van der Waals surface area contributed by atoms with E-state index in [9.17, 15) is 26.4 Å². The van der Waals surface area contributed by atoms with E-state index in [0.29, 0.717) is 19.0 Å². The number of alkyl halides is 3. The average molecular weight is 448 g/mol. The summed E-state index contributed by atoms with van der Waals surface area (Å²) in [7, 11) is -4.24. The molecule has 158 valence electrons. The molecule has 1 heterocycles. The highest BCUT2D eigenvalue weighted by Crippen LogP contribution is 2.30. The van der Waals surface area contributed by atoms with Gasteiger partial charge in [-0.05, 0) is 43.9 Å². The number of hydrogen-bond donors (Lipinski definition) is 2. The van der Waals surface area contributed by atoms with Gasteiger partial charge in [0.25, 0.3) is 0 Å². The lowest BCUT2D eigenvalue weighted by atomic mass is 10.0. The SMILES string of the molecule is O=C(CNS(=O)(=O)c1cccc(C(F)(F)F)c1)NCCc1nc2c(s1)CCCC2. The van der Waals surface area contributed by atoms with Crippen molar-refractivity contribution in [3.63, 3.8) is 0 Å². The van der Waals surface area contributed by atoms with Crippen LogP contribution in [-0.2, 0) is 40.3 Å². The van der Waals surface area contributed by atoms with Crippen LogP contribution < -0.4 is 10.0 Å². The van der Waals surface area contributed by atoms with Gasteiger partial charge in [-0.3, -0.25) is 4.79 Å². The molecule has 0 bridgehead atoms. The van der Waals surface area contributed by atoms with Gasteiger partial charge in [-0.2, -0.15) is 13.2 Å². The number of nitrogens with zero attached hydrogens (tertiary/aromatic N) is 1. The number of halogens is 3. The lowest BCUT2D eigenvalue weighted by molar-refractivity contribution is -0.137. The summed E-state index contributed by atoms with van der Waals surface area (Å²) in [5, 5.41) is 3.52. The van der Waals surface area contributed by atoms with Crippen LogP contribution in [0.4, 0.5) is 13.2 Å². The third-order valence-electron chi connectivity index (χ3n) is 4.45. The minimum absolute atomic E-state index is 0.302. The molecular weight excluding hydrogens is 427 g/mol. The van der Waals surface area contributed by atoms with Gasteiger partial charge < -0.3 is 5.32 Å². The Morgan fingerprint density at radius 2 is 1.97 bits per heavy atom. The zero-order chi connectivity index (χ0) is 21.1. The summed E-state index contributed by atoms with van der Waals surface area (Å²) in [6, 6.07) is 3.36. The first-order chi connectivity index (χ1) is 13.6. The van der Waals surface area contributed by atoms with E-state index in [1.54, 1.807) is 11.3 Å². The molecule has 6 nitrogen and oxygen atoms in total. The standard InChI is InChI=1S/C18H20F3N3O3S2/c19-18(20,21)12-4-3-5-13(10-12)29(26,27)23-11-16(25)22-9-8-17-24-14-6-1-2-7-15(14)28-17/h3-5,10,23H,1-2,6-9,11H2,(H,22,25). The monoisotopic (exact) mass is 447 g/mol. The first-order valence-electron chi connectivity index (χ1n) is 9.06. The fraction of sp³-hybridized carbons (Fsp3) is 0.444. The summed E-state index contributed by atoms with van der Waals surface area (Å²) in [5.41, 5.74) is 0.0624. The number of sulfonamides is 1. The molecule has 0 unspecified atom stereocenters. The topological polar surface area (TPSA) is 88.2 Å². The summed E-state index contributed by atoms with van der Waals surface area (Å²) in [6.07, 6.45) is 0.213. The number of carbonyl (C=O) groups excluding carboxylic acids is 1. The van der Waals surface area contributed by atoms with Gasteiger partial charge in [0.15, 0.2) is 0 Å². The molecule has 1 aliphatic carbocycles. The summed E-state index contributed by atoms with van der Waals surface area (Å²) in [6.45, 7) is -0.260. The van der Waals surface area contributed by atoms with E-state index in [2.05, 4.69) is 10.3 Å². The Morgan fingerprint density at radius 3 is 2.69 bits per heavy atom. The lowest BCUT2D eigenvalue weighted by Crippen LogP contribution is -2.37. The van der Waals surface area contributed by atoms with Gasteiger partial charge in [0.1, 0.15) is 0 Å². The number of amides is 1. The molecule has 2 N–H and O–H groups in total. The van der Waals surface area contributed by atoms with Gasteiger partial charge in [0.2, 0.25) is 15.9 Å². The first kappa shape index (κ1) is 21.7. The Labute approximate surface area is 170 Å². The Bertz CT molecular complexity index is 964. The molecule has 1 amide bonds. The van der Waals surface area contributed by atoms with E-state index in [1.807, 2.05) is 4.72 Å². The van der Waals surface area contributed by atoms with Crippen LogP contribution in [-0.4, -0.2) is 32.4 Å². The third-order valence-corrected chi connectivity index (χ3v) is 7.06. The molecule has 0 spiro atoms. The van der Waals surface area contributed by atoms with Crippen LogP contribution in [0.2, 0.25) is 0 Å². The van der Waals surface area contributed by atoms with E-state index >= 15 is 0 Å².